The molecule has 0 saturated carbocycles. The molecule has 6 heteroatoms. The fraction of sp³-hybridized carbons (Fsp3) is 0.167. The quantitative estimate of drug-likeness (QED) is 0.392. The molecule has 0 saturated heterocycles. The van der Waals surface area contributed by atoms with Crippen molar-refractivity contribution in [3.05, 3.63) is 88.0 Å². The number of para-hydroxylation sites is 1. The van der Waals surface area contributed by atoms with E-state index in [1.807, 2.05) is 30.3 Å². The summed E-state index contributed by atoms with van der Waals surface area (Å²) in [7, 11) is 0. The molecular weight excluding hydrogens is 419 g/mol. The van der Waals surface area contributed by atoms with Crippen LogP contribution < -0.4 is 14.8 Å². The highest BCUT2D eigenvalue weighted by atomic mass is 35.5. The molecule has 30 heavy (non-hydrogen) atoms. The van der Waals surface area contributed by atoms with E-state index in [4.69, 9.17) is 32.7 Å². The molecule has 1 aromatic heterocycles. The van der Waals surface area contributed by atoms with E-state index in [0.29, 0.717) is 36.3 Å². The summed E-state index contributed by atoms with van der Waals surface area (Å²) in [6.45, 7) is 2.55. The molecular formula is C24H20Cl2N2O2. The topological polar surface area (TPSA) is 35.4 Å². The maximum absolute atomic E-state index is 6.40. The summed E-state index contributed by atoms with van der Waals surface area (Å²) < 4.78 is 13.5. The number of hydrogen-bond acceptors (Lipinski definition) is 3. The highest BCUT2D eigenvalue weighted by Gasteiger charge is 2.13. The Labute approximate surface area is 184 Å². The maximum atomic E-state index is 6.40. The Balaban J connectivity index is 1.41. The molecule has 0 atom stereocenters. The molecule has 1 aliphatic heterocycles. The van der Waals surface area contributed by atoms with Crippen LogP contribution in [0.4, 0.5) is 5.69 Å². The SMILES string of the molecule is Clc1ccc(Cn2cc(CNc3ccc4c(c3)OCCO4)c3ccccc32)c(Cl)c1. The summed E-state index contributed by atoms with van der Waals surface area (Å²) in [5, 5.41) is 6.04. The first-order chi connectivity index (χ1) is 14.7. The third kappa shape index (κ3) is 3.81. The first-order valence-electron chi connectivity index (χ1n) is 9.81. The monoisotopic (exact) mass is 438 g/mol. The number of aromatic nitrogens is 1. The molecule has 0 spiro atoms. The Kier molecular flexibility index (Phi) is 5.19. The van der Waals surface area contributed by atoms with Gasteiger partial charge >= 0.3 is 0 Å². The normalized spacial score (nSPS) is 12.9. The Morgan fingerprint density at radius 3 is 2.57 bits per heavy atom. The van der Waals surface area contributed by atoms with Crippen molar-refractivity contribution < 1.29 is 9.47 Å². The van der Waals surface area contributed by atoms with Gasteiger partial charge in [0.2, 0.25) is 0 Å². The summed E-state index contributed by atoms with van der Waals surface area (Å²) in [6.07, 6.45) is 2.18. The molecule has 5 rings (SSSR count). The van der Waals surface area contributed by atoms with Crippen molar-refractivity contribution in [2.24, 2.45) is 0 Å². The van der Waals surface area contributed by atoms with Crippen LogP contribution in [0.3, 0.4) is 0 Å². The van der Waals surface area contributed by atoms with Crippen molar-refractivity contribution in [1.29, 1.82) is 0 Å². The van der Waals surface area contributed by atoms with E-state index < -0.39 is 0 Å². The lowest BCUT2D eigenvalue weighted by Crippen LogP contribution is -2.15. The van der Waals surface area contributed by atoms with Gasteiger partial charge in [-0.25, -0.2) is 0 Å². The first-order valence-corrected chi connectivity index (χ1v) is 10.6. The molecule has 0 radical (unpaired) electrons. The molecule has 4 nitrogen and oxygen atoms in total. The number of hydrogen-bond donors (Lipinski definition) is 1. The Bertz CT molecular complexity index is 1220. The summed E-state index contributed by atoms with van der Waals surface area (Å²) in [5.41, 5.74) is 4.41. The highest BCUT2D eigenvalue weighted by Crippen LogP contribution is 2.33. The van der Waals surface area contributed by atoms with Gasteiger partial charge in [0.25, 0.3) is 0 Å². The van der Waals surface area contributed by atoms with E-state index in [1.54, 1.807) is 6.07 Å². The van der Waals surface area contributed by atoms with Gasteiger partial charge in [0.05, 0.1) is 0 Å². The molecule has 1 N–H and O–H groups in total. The standard InChI is InChI=1S/C24H20Cl2N2O2/c25-18-6-5-16(21(26)11-18)14-28-15-17(20-3-1-2-4-22(20)28)13-27-19-7-8-23-24(12-19)30-10-9-29-23/h1-8,11-12,15,27H,9-10,13-14H2. The zero-order chi connectivity index (χ0) is 20.5. The minimum absolute atomic E-state index is 0.581. The molecule has 3 aromatic carbocycles. The van der Waals surface area contributed by atoms with Gasteiger partial charge in [0.1, 0.15) is 13.2 Å². The fourth-order valence-electron chi connectivity index (χ4n) is 3.78. The van der Waals surface area contributed by atoms with Crippen molar-refractivity contribution in [2.75, 3.05) is 18.5 Å². The zero-order valence-corrected chi connectivity index (χ0v) is 17.7. The number of benzene rings is 3. The zero-order valence-electron chi connectivity index (χ0n) is 16.2. The van der Waals surface area contributed by atoms with Crippen LogP contribution in [-0.2, 0) is 13.1 Å². The van der Waals surface area contributed by atoms with Crippen LogP contribution in [0.15, 0.2) is 66.9 Å². The summed E-state index contributed by atoms with van der Waals surface area (Å²) in [5.74, 6) is 1.58. The molecule has 152 valence electrons. The summed E-state index contributed by atoms with van der Waals surface area (Å²) in [6, 6.07) is 20.0. The van der Waals surface area contributed by atoms with Crippen molar-refractivity contribution in [3.8, 4) is 11.5 Å². The van der Waals surface area contributed by atoms with Crippen molar-refractivity contribution >= 4 is 39.8 Å². The molecule has 0 unspecified atom stereocenters. The molecule has 1 aliphatic rings. The minimum atomic E-state index is 0.581. The third-order valence-corrected chi connectivity index (χ3v) is 5.84. The molecule has 0 amide bonds. The van der Waals surface area contributed by atoms with Gasteiger partial charge in [-0.1, -0.05) is 47.5 Å². The molecule has 2 heterocycles. The number of halogens is 2. The van der Waals surface area contributed by atoms with Gasteiger partial charge in [0, 0.05) is 52.0 Å². The minimum Gasteiger partial charge on any atom is -0.486 e. The van der Waals surface area contributed by atoms with Crippen molar-refractivity contribution in [2.45, 2.75) is 13.1 Å². The number of anilines is 1. The van der Waals surface area contributed by atoms with E-state index in [1.165, 1.54) is 16.5 Å². The van der Waals surface area contributed by atoms with Crippen molar-refractivity contribution in [3.63, 3.8) is 0 Å². The second kappa shape index (κ2) is 8.13. The fourth-order valence-corrected chi connectivity index (χ4v) is 4.25. The number of fused-ring (bicyclic) bond motifs is 2. The van der Waals surface area contributed by atoms with Crippen LogP contribution in [0, 0.1) is 0 Å². The predicted molar refractivity (Wildman–Crippen MR) is 122 cm³/mol. The van der Waals surface area contributed by atoms with Gasteiger partial charge in [-0.3, -0.25) is 0 Å². The average molecular weight is 439 g/mol. The Hall–Kier alpha value is -2.82. The van der Waals surface area contributed by atoms with Crippen LogP contribution in [0.25, 0.3) is 10.9 Å². The Morgan fingerprint density at radius 2 is 1.70 bits per heavy atom. The summed E-state index contributed by atoms with van der Waals surface area (Å²) in [4.78, 5) is 0. The molecule has 4 aromatic rings. The van der Waals surface area contributed by atoms with E-state index in [0.717, 1.165) is 22.7 Å². The van der Waals surface area contributed by atoms with Gasteiger partial charge < -0.3 is 19.4 Å². The predicted octanol–water partition coefficient (Wildman–Crippen LogP) is 6.38. The Morgan fingerprint density at radius 1 is 0.867 bits per heavy atom. The smallest absolute Gasteiger partial charge is 0.163 e. The van der Waals surface area contributed by atoms with E-state index in [2.05, 4.69) is 40.3 Å². The highest BCUT2D eigenvalue weighted by molar-refractivity contribution is 6.35. The largest absolute Gasteiger partial charge is 0.486 e. The summed E-state index contributed by atoms with van der Waals surface area (Å²) >= 11 is 12.5. The van der Waals surface area contributed by atoms with E-state index in [-0.39, 0.29) is 0 Å². The third-order valence-electron chi connectivity index (χ3n) is 5.25. The van der Waals surface area contributed by atoms with Gasteiger partial charge in [0.15, 0.2) is 11.5 Å². The lowest BCUT2D eigenvalue weighted by Gasteiger charge is -2.19. The van der Waals surface area contributed by atoms with Crippen LogP contribution in [-0.4, -0.2) is 17.8 Å². The van der Waals surface area contributed by atoms with Gasteiger partial charge in [-0.05, 0) is 41.5 Å². The first kappa shape index (κ1) is 19.2. The number of rotatable bonds is 5. The second-order valence-electron chi connectivity index (χ2n) is 7.25. The van der Waals surface area contributed by atoms with Crippen LogP contribution in [0.2, 0.25) is 10.0 Å². The lowest BCUT2D eigenvalue weighted by molar-refractivity contribution is 0.171. The molecule has 0 fully saturated rings. The number of ether oxygens (including phenoxy) is 2. The average Bonchev–Trinajstić information content (AvgIpc) is 3.12. The van der Waals surface area contributed by atoms with Gasteiger partial charge in [-0.2, -0.15) is 0 Å². The van der Waals surface area contributed by atoms with Gasteiger partial charge in [-0.15, -0.1) is 0 Å². The number of nitrogens with zero attached hydrogens (tertiary/aromatic N) is 1. The van der Waals surface area contributed by atoms with E-state index in [9.17, 15) is 0 Å². The van der Waals surface area contributed by atoms with Crippen LogP contribution >= 0.6 is 23.2 Å². The van der Waals surface area contributed by atoms with Crippen LogP contribution in [0.1, 0.15) is 11.1 Å². The number of nitrogens with one attached hydrogen (secondary N) is 1. The molecule has 0 aliphatic carbocycles. The van der Waals surface area contributed by atoms with Crippen molar-refractivity contribution in [1.82, 2.24) is 4.57 Å². The van der Waals surface area contributed by atoms with E-state index >= 15 is 0 Å². The lowest BCUT2D eigenvalue weighted by atomic mass is 10.1. The maximum Gasteiger partial charge on any atom is 0.163 e. The van der Waals surface area contributed by atoms with Crippen LogP contribution in [0.5, 0.6) is 11.5 Å². The second-order valence-corrected chi connectivity index (χ2v) is 8.09. The molecule has 0 bridgehead atoms.